The smallest absolute Gasteiger partial charge is 0.309 e. The molecule has 1 aromatic rings. The molecule has 1 aliphatic rings. The van der Waals surface area contributed by atoms with Gasteiger partial charge >= 0.3 is 5.97 Å². The molecule has 4 heteroatoms. The lowest BCUT2D eigenvalue weighted by atomic mass is 9.87. The molecular formula is C16H21NO3. The van der Waals surface area contributed by atoms with Crippen molar-refractivity contribution in [1.29, 1.82) is 0 Å². The van der Waals surface area contributed by atoms with Gasteiger partial charge in [-0.15, -0.1) is 0 Å². The van der Waals surface area contributed by atoms with Gasteiger partial charge in [0.05, 0.1) is 12.0 Å². The molecule has 108 valence electrons. The third-order valence-corrected chi connectivity index (χ3v) is 4.12. The SMILES string of the molecule is CCN1C(=O)CC(C(=O)O)C1c1c(C)cc(C)cc1C. The summed E-state index contributed by atoms with van der Waals surface area (Å²) >= 11 is 0. The first-order valence-electron chi connectivity index (χ1n) is 6.96. The average Bonchev–Trinajstić information content (AvgIpc) is 2.65. The number of nitrogens with zero attached hydrogens (tertiary/aromatic N) is 1. The molecule has 1 N–H and O–H groups in total. The van der Waals surface area contributed by atoms with Gasteiger partial charge in [-0.1, -0.05) is 17.7 Å². The van der Waals surface area contributed by atoms with Crippen molar-refractivity contribution in [2.75, 3.05) is 6.54 Å². The van der Waals surface area contributed by atoms with Crippen molar-refractivity contribution in [1.82, 2.24) is 4.90 Å². The monoisotopic (exact) mass is 275 g/mol. The zero-order valence-electron chi connectivity index (χ0n) is 12.4. The summed E-state index contributed by atoms with van der Waals surface area (Å²) in [5.41, 5.74) is 4.28. The molecule has 20 heavy (non-hydrogen) atoms. The number of likely N-dealkylation sites (tertiary alicyclic amines) is 1. The summed E-state index contributed by atoms with van der Waals surface area (Å²) in [6.07, 6.45) is 0.0978. The third kappa shape index (κ3) is 2.30. The Morgan fingerprint density at radius 2 is 1.85 bits per heavy atom. The maximum atomic E-state index is 12.1. The van der Waals surface area contributed by atoms with Crippen LogP contribution < -0.4 is 0 Å². The van der Waals surface area contributed by atoms with Crippen LogP contribution in [0.4, 0.5) is 0 Å². The molecule has 1 fully saturated rings. The van der Waals surface area contributed by atoms with Gasteiger partial charge in [-0.05, 0) is 44.4 Å². The maximum absolute atomic E-state index is 12.1. The van der Waals surface area contributed by atoms with Crippen LogP contribution in [0.5, 0.6) is 0 Å². The molecule has 0 spiro atoms. The van der Waals surface area contributed by atoms with Crippen LogP contribution in [0.25, 0.3) is 0 Å². The Hall–Kier alpha value is -1.84. The minimum atomic E-state index is -0.890. The zero-order valence-corrected chi connectivity index (χ0v) is 12.4. The summed E-state index contributed by atoms with van der Waals surface area (Å²) in [4.78, 5) is 25.3. The molecule has 2 rings (SSSR count). The quantitative estimate of drug-likeness (QED) is 0.922. The van der Waals surface area contributed by atoms with Crippen molar-refractivity contribution in [3.05, 3.63) is 34.4 Å². The minimum Gasteiger partial charge on any atom is -0.481 e. The number of carbonyl (C=O) groups is 2. The lowest BCUT2D eigenvalue weighted by Gasteiger charge is -2.29. The van der Waals surface area contributed by atoms with Gasteiger partial charge in [0.25, 0.3) is 0 Å². The first-order valence-corrected chi connectivity index (χ1v) is 6.96. The van der Waals surface area contributed by atoms with Gasteiger partial charge in [0.1, 0.15) is 0 Å². The molecular weight excluding hydrogens is 254 g/mol. The molecule has 2 atom stereocenters. The fourth-order valence-corrected chi connectivity index (χ4v) is 3.40. The molecule has 1 heterocycles. The Kier molecular flexibility index (Phi) is 3.84. The highest BCUT2D eigenvalue weighted by Crippen LogP contribution is 2.41. The fourth-order valence-electron chi connectivity index (χ4n) is 3.40. The predicted molar refractivity (Wildman–Crippen MR) is 76.5 cm³/mol. The minimum absolute atomic E-state index is 0.0655. The zero-order chi connectivity index (χ0) is 15.0. The van der Waals surface area contributed by atoms with E-state index in [1.54, 1.807) is 4.90 Å². The summed E-state index contributed by atoms with van der Waals surface area (Å²) in [6, 6.07) is 3.76. The average molecular weight is 275 g/mol. The van der Waals surface area contributed by atoms with Crippen LogP contribution in [0.3, 0.4) is 0 Å². The Morgan fingerprint density at radius 3 is 2.30 bits per heavy atom. The topological polar surface area (TPSA) is 57.6 Å². The highest BCUT2D eigenvalue weighted by atomic mass is 16.4. The van der Waals surface area contributed by atoms with Crippen molar-refractivity contribution >= 4 is 11.9 Å². The molecule has 0 saturated carbocycles. The highest BCUT2D eigenvalue weighted by Gasteiger charge is 2.44. The molecule has 1 aliphatic heterocycles. The Morgan fingerprint density at radius 1 is 1.30 bits per heavy atom. The number of rotatable bonds is 3. The van der Waals surface area contributed by atoms with Crippen LogP contribution in [0.1, 0.15) is 41.6 Å². The molecule has 0 radical (unpaired) electrons. The molecule has 4 nitrogen and oxygen atoms in total. The number of hydrogen-bond acceptors (Lipinski definition) is 2. The van der Waals surface area contributed by atoms with Crippen LogP contribution in [0.15, 0.2) is 12.1 Å². The van der Waals surface area contributed by atoms with E-state index in [0.717, 1.165) is 22.3 Å². The van der Waals surface area contributed by atoms with Gasteiger partial charge in [0, 0.05) is 13.0 Å². The molecule has 1 amide bonds. The van der Waals surface area contributed by atoms with Gasteiger partial charge in [-0.2, -0.15) is 0 Å². The summed E-state index contributed by atoms with van der Waals surface area (Å²) < 4.78 is 0. The lowest BCUT2D eigenvalue weighted by molar-refractivity contribution is -0.142. The molecule has 1 saturated heterocycles. The molecule has 0 aromatic heterocycles. The van der Waals surface area contributed by atoms with Crippen molar-refractivity contribution in [3.8, 4) is 0 Å². The van der Waals surface area contributed by atoms with E-state index in [2.05, 4.69) is 12.1 Å². The van der Waals surface area contributed by atoms with Crippen LogP contribution >= 0.6 is 0 Å². The Labute approximate surface area is 119 Å². The maximum Gasteiger partial charge on any atom is 0.309 e. The van der Waals surface area contributed by atoms with E-state index in [-0.39, 0.29) is 18.4 Å². The number of aliphatic carboxylic acids is 1. The number of carboxylic acids is 1. The summed E-state index contributed by atoms with van der Waals surface area (Å²) in [5, 5.41) is 9.43. The summed E-state index contributed by atoms with van der Waals surface area (Å²) in [6.45, 7) is 8.44. The van der Waals surface area contributed by atoms with E-state index in [4.69, 9.17) is 0 Å². The van der Waals surface area contributed by atoms with Gasteiger partial charge in [-0.25, -0.2) is 0 Å². The second-order valence-corrected chi connectivity index (χ2v) is 5.59. The van der Waals surface area contributed by atoms with Crippen LogP contribution in [0.2, 0.25) is 0 Å². The van der Waals surface area contributed by atoms with Gasteiger partial charge in [-0.3, -0.25) is 9.59 Å². The van der Waals surface area contributed by atoms with Crippen LogP contribution in [0, 0.1) is 26.7 Å². The number of benzene rings is 1. The first kappa shape index (κ1) is 14.6. The van der Waals surface area contributed by atoms with Gasteiger partial charge < -0.3 is 10.0 Å². The van der Waals surface area contributed by atoms with Crippen molar-refractivity contribution in [2.24, 2.45) is 5.92 Å². The van der Waals surface area contributed by atoms with E-state index in [0.29, 0.717) is 6.54 Å². The second kappa shape index (κ2) is 5.27. The van der Waals surface area contributed by atoms with E-state index in [1.165, 1.54) is 0 Å². The number of hydrogen-bond donors (Lipinski definition) is 1. The summed E-state index contributed by atoms with van der Waals surface area (Å²) in [5.74, 6) is -1.61. The normalized spacial score (nSPS) is 22.4. The predicted octanol–water partition coefficient (Wildman–Crippen LogP) is 2.61. The van der Waals surface area contributed by atoms with Gasteiger partial charge in [0.2, 0.25) is 5.91 Å². The van der Waals surface area contributed by atoms with E-state index in [1.807, 2.05) is 27.7 Å². The Bertz CT molecular complexity index is 542. The standard InChI is InChI=1S/C16H21NO3/c1-5-17-13(18)8-12(16(19)20)15(17)14-10(3)6-9(2)7-11(14)4/h6-7,12,15H,5,8H2,1-4H3,(H,19,20). The van der Waals surface area contributed by atoms with E-state index >= 15 is 0 Å². The van der Waals surface area contributed by atoms with Crippen molar-refractivity contribution in [3.63, 3.8) is 0 Å². The number of carboxylic acid groups (broad SMARTS) is 1. The lowest BCUT2D eigenvalue weighted by Crippen LogP contribution is -2.31. The van der Waals surface area contributed by atoms with Gasteiger partial charge in [0.15, 0.2) is 0 Å². The second-order valence-electron chi connectivity index (χ2n) is 5.59. The number of amides is 1. The van der Waals surface area contributed by atoms with Crippen LogP contribution in [-0.2, 0) is 9.59 Å². The molecule has 0 bridgehead atoms. The largest absolute Gasteiger partial charge is 0.481 e. The third-order valence-electron chi connectivity index (χ3n) is 4.12. The highest BCUT2D eigenvalue weighted by molar-refractivity contribution is 5.87. The van der Waals surface area contributed by atoms with Crippen molar-refractivity contribution in [2.45, 2.75) is 40.2 Å². The van der Waals surface area contributed by atoms with E-state index in [9.17, 15) is 14.7 Å². The number of aryl methyl sites for hydroxylation is 3. The first-order chi connectivity index (χ1) is 9.36. The molecule has 0 aliphatic carbocycles. The van der Waals surface area contributed by atoms with Crippen LogP contribution in [-0.4, -0.2) is 28.4 Å². The number of carbonyl (C=O) groups excluding carboxylic acids is 1. The molecule has 1 aromatic carbocycles. The summed E-state index contributed by atoms with van der Waals surface area (Å²) in [7, 11) is 0. The molecule has 2 unspecified atom stereocenters. The fraction of sp³-hybridized carbons (Fsp3) is 0.500. The Balaban J connectivity index is 2.57. The van der Waals surface area contributed by atoms with Crippen molar-refractivity contribution < 1.29 is 14.7 Å². The van der Waals surface area contributed by atoms with E-state index < -0.39 is 11.9 Å².